The molecule has 0 bridgehead atoms. The Hall–Kier alpha value is -4.18. The van der Waals surface area contributed by atoms with Crippen molar-refractivity contribution in [1.29, 1.82) is 0 Å². The first-order valence-corrected chi connectivity index (χ1v) is 15.3. The molecule has 0 fully saturated rings. The average molecular weight is 608 g/mol. The normalized spacial score (nSPS) is 19.8. The third kappa shape index (κ3) is 13.0. The summed E-state index contributed by atoms with van der Waals surface area (Å²) in [6, 6.07) is 18.3. The van der Waals surface area contributed by atoms with E-state index in [1.165, 1.54) is 0 Å². The molecule has 44 heavy (non-hydrogen) atoms. The van der Waals surface area contributed by atoms with Crippen LogP contribution in [0.4, 0.5) is 4.79 Å². The van der Waals surface area contributed by atoms with Gasteiger partial charge >= 0.3 is 12.1 Å². The highest BCUT2D eigenvalue weighted by molar-refractivity contribution is 5.86. The fourth-order valence-corrected chi connectivity index (χ4v) is 4.87. The zero-order valence-electron chi connectivity index (χ0n) is 25.4. The third-order valence-electron chi connectivity index (χ3n) is 7.38. The summed E-state index contributed by atoms with van der Waals surface area (Å²) < 4.78 is 11.0. The van der Waals surface area contributed by atoms with E-state index in [0.29, 0.717) is 45.1 Å². The van der Waals surface area contributed by atoms with E-state index < -0.39 is 24.1 Å². The number of esters is 1. The van der Waals surface area contributed by atoms with Crippen LogP contribution in [-0.4, -0.2) is 60.8 Å². The number of cyclic esters (lactones) is 1. The van der Waals surface area contributed by atoms with Gasteiger partial charge in [0.05, 0.1) is 24.5 Å². The number of benzene rings is 2. The Morgan fingerprint density at radius 1 is 0.977 bits per heavy atom. The second-order valence-corrected chi connectivity index (χ2v) is 11.2. The minimum absolute atomic E-state index is 0.00653. The Kier molecular flexibility index (Phi) is 14.9. The minimum atomic E-state index is -0.622. The molecular formula is C34H45N3O7. The van der Waals surface area contributed by atoms with E-state index in [1.54, 1.807) is 6.92 Å². The van der Waals surface area contributed by atoms with Crippen molar-refractivity contribution in [3.05, 3.63) is 83.9 Å². The zero-order valence-corrected chi connectivity index (χ0v) is 25.4. The molecule has 2 aromatic carbocycles. The van der Waals surface area contributed by atoms with Gasteiger partial charge < -0.3 is 30.5 Å². The highest BCUT2D eigenvalue weighted by Crippen LogP contribution is 2.19. The molecule has 1 aliphatic rings. The number of allylic oxidation sites excluding steroid dienone is 2. The van der Waals surface area contributed by atoms with E-state index in [4.69, 9.17) is 9.47 Å². The van der Waals surface area contributed by atoms with Crippen molar-refractivity contribution in [3.63, 3.8) is 0 Å². The predicted octanol–water partition coefficient (Wildman–Crippen LogP) is 3.82. The lowest BCUT2D eigenvalue weighted by Gasteiger charge is -2.24. The maximum absolute atomic E-state index is 13.3. The van der Waals surface area contributed by atoms with Gasteiger partial charge in [0.2, 0.25) is 11.8 Å². The van der Waals surface area contributed by atoms with E-state index in [-0.39, 0.29) is 49.9 Å². The van der Waals surface area contributed by atoms with Crippen LogP contribution in [0.5, 0.6) is 0 Å². The molecule has 0 saturated carbocycles. The molecule has 3 amide bonds. The molecule has 4 atom stereocenters. The summed E-state index contributed by atoms with van der Waals surface area (Å²) in [6.07, 6.45) is 6.29. The van der Waals surface area contributed by atoms with Crippen LogP contribution in [0.15, 0.2) is 72.8 Å². The molecule has 0 aliphatic carbocycles. The molecule has 0 aromatic heterocycles. The number of rotatable bonds is 13. The maximum atomic E-state index is 13.3. The molecule has 1 heterocycles. The van der Waals surface area contributed by atoms with Gasteiger partial charge in [-0.3, -0.25) is 14.4 Å². The summed E-state index contributed by atoms with van der Waals surface area (Å²) in [7, 11) is 0. The monoisotopic (exact) mass is 607 g/mol. The van der Waals surface area contributed by atoms with Crippen LogP contribution in [0.3, 0.4) is 0 Å². The van der Waals surface area contributed by atoms with Crippen LogP contribution in [0.25, 0.3) is 0 Å². The molecule has 0 spiro atoms. The van der Waals surface area contributed by atoms with Crippen LogP contribution in [-0.2, 0) is 36.9 Å². The zero-order chi connectivity index (χ0) is 31.6. The average Bonchev–Trinajstić information content (AvgIpc) is 3.03. The lowest BCUT2D eigenvalue weighted by Crippen LogP contribution is -2.44. The van der Waals surface area contributed by atoms with Crippen LogP contribution in [0.2, 0.25) is 0 Å². The molecule has 2 aromatic rings. The molecule has 0 radical (unpaired) electrons. The topological polar surface area (TPSA) is 143 Å². The first kappa shape index (κ1) is 34.3. The van der Waals surface area contributed by atoms with Crippen LogP contribution in [0.1, 0.15) is 56.6 Å². The first-order chi connectivity index (χ1) is 21.3. The van der Waals surface area contributed by atoms with Gasteiger partial charge in [0.25, 0.3) is 0 Å². The van der Waals surface area contributed by atoms with Gasteiger partial charge in [-0.1, -0.05) is 72.8 Å². The Bertz CT molecular complexity index is 1210. The number of ether oxygens (including phenoxy) is 2. The van der Waals surface area contributed by atoms with Gasteiger partial charge in [0.1, 0.15) is 13.2 Å². The summed E-state index contributed by atoms with van der Waals surface area (Å²) in [5.74, 6) is -1.95. The summed E-state index contributed by atoms with van der Waals surface area (Å²) in [6.45, 7) is 2.08. The number of carbonyl (C=O) groups is 4. The highest BCUT2D eigenvalue weighted by Gasteiger charge is 2.27. The van der Waals surface area contributed by atoms with Crippen molar-refractivity contribution < 1.29 is 33.8 Å². The largest absolute Gasteiger partial charge is 0.463 e. The van der Waals surface area contributed by atoms with Crippen molar-refractivity contribution >= 4 is 23.9 Å². The number of carbonyl (C=O) groups excluding carboxylic acids is 4. The molecule has 1 aliphatic heterocycles. The Balaban J connectivity index is 1.58. The number of hydrogen-bond donors (Lipinski definition) is 4. The molecule has 0 saturated heterocycles. The third-order valence-corrected chi connectivity index (χ3v) is 7.38. The van der Waals surface area contributed by atoms with Crippen molar-refractivity contribution in [2.75, 3.05) is 19.8 Å². The molecule has 3 rings (SSSR count). The van der Waals surface area contributed by atoms with Gasteiger partial charge in [-0.15, -0.1) is 0 Å². The van der Waals surface area contributed by atoms with E-state index in [9.17, 15) is 24.3 Å². The molecule has 10 heteroatoms. The number of aliphatic hydroxyl groups excluding tert-OH is 1. The Labute approximate surface area is 259 Å². The van der Waals surface area contributed by atoms with E-state index in [2.05, 4.69) is 16.0 Å². The summed E-state index contributed by atoms with van der Waals surface area (Å²) in [5, 5.41) is 17.7. The van der Waals surface area contributed by atoms with Crippen LogP contribution >= 0.6 is 0 Å². The number of hydrogen-bond acceptors (Lipinski definition) is 7. The van der Waals surface area contributed by atoms with Gasteiger partial charge in [0.15, 0.2) is 0 Å². The summed E-state index contributed by atoms with van der Waals surface area (Å²) >= 11 is 0. The molecule has 238 valence electrons. The van der Waals surface area contributed by atoms with Gasteiger partial charge in [-0.25, -0.2) is 4.79 Å². The van der Waals surface area contributed by atoms with Crippen molar-refractivity contribution in [2.45, 2.75) is 70.6 Å². The predicted molar refractivity (Wildman–Crippen MR) is 166 cm³/mol. The fraction of sp³-hybridized carbons (Fsp3) is 0.471. The molecule has 4 N–H and O–H groups in total. The standard InChI is InChI=1S/C34H45N3O7/c1-25(22-38)36-31(39)21-28-16-8-9-17-29(20-26-12-4-2-5-13-26)33(41)43-24-30(37-32(28)40)18-10-11-19-35-34(42)44-23-27-14-6-3-7-15-27/h2-9,12-15,25,28-30,38H,10-11,16-24H2,1H3,(H,35,42)(H,36,39)(H,37,40)/t25-,28+,29+,30-/m0/s1. The second kappa shape index (κ2) is 19.2. The van der Waals surface area contributed by atoms with Gasteiger partial charge in [-0.2, -0.15) is 0 Å². The Morgan fingerprint density at radius 3 is 2.32 bits per heavy atom. The number of aliphatic hydroxyl groups is 1. The lowest BCUT2D eigenvalue weighted by molar-refractivity contribution is -0.150. The quantitative estimate of drug-likeness (QED) is 0.154. The molecule has 0 unspecified atom stereocenters. The van der Waals surface area contributed by atoms with E-state index in [0.717, 1.165) is 11.1 Å². The molecular weight excluding hydrogens is 562 g/mol. The van der Waals surface area contributed by atoms with Crippen molar-refractivity contribution in [2.24, 2.45) is 11.8 Å². The maximum Gasteiger partial charge on any atom is 0.407 e. The van der Waals surface area contributed by atoms with Crippen molar-refractivity contribution in [1.82, 2.24) is 16.0 Å². The second-order valence-electron chi connectivity index (χ2n) is 11.2. The SMILES string of the molecule is C[C@@H](CO)NC(=O)C[C@H]1CC=CC[C@H](Cc2ccccc2)C(=O)OC[C@H](CCCCNC(=O)OCc2ccccc2)NC1=O. The highest BCUT2D eigenvalue weighted by atomic mass is 16.5. The number of unbranched alkanes of at least 4 members (excludes halogenated alkanes) is 1. The summed E-state index contributed by atoms with van der Waals surface area (Å²) in [5.41, 5.74) is 1.93. The van der Waals surface area contributed by atoms with Gasteiger partial charge in [0, 0.05) is 19.0 Å². The smallest absolute Gasteiger partial charge is 0.407 e. The summed E-state index contributed by atoms with van der Waals surface area (Å²) in [4.78, 5) is 51.0. The minimum Gasteiger partial charge on any atom is -0.463 e. The lowest BCUT2D eigenvalue weighted by atomic mass is 9.94. The first-order valence-electron chi connectivity index (χ1n) is 15.3. The van der Waals surface area contributed by atoms with E-state index >= 15 is 0 Å². The van der Waals surface area contributed by atoms with Gasteiger partial charge in [-0.05, 0) is 56.6 Å². The number of alkyl carbamates (subject to hydrolysis) is 1. The van der Waals surface area contributed by atoms with Crippen LogP contribution < -0.4 is 16.0 Å². The number of nitrogens with one attached hydrogen (secondary N) is 3. The molecule has 10 nitrogen and oxygen atoms in total. The number of amides is 3. The van der Waals surface area contributed by atoms with E-state index in [1.807, 2.05) is 72.8 Å². The Morgan fingerprint density at radius 2 is 1.64 bits per heavy atom. The van der Waals surface area contributed by atoms with Crippen molar-refractivity contribution in [3.8, 4) is 0 Å². The van der Waals surface area contributed by atoms with Crippen LogP contribution in [0, 0.1) is 11.8 Å². The fourth-order valence-electron chi connectivity index (χ4n) is 4.87.